The molecule has 0 radical (unpaired) electrons. The van der Waals surface area contributed by atoms with Crippen LogP contribution in [0, 0.1) is 17.8 Å². The molecule has 0 unspecified atom stereocenters. The van der Waals surface area contributed by atoms with E-state index >= 15 is 0 Å². The van der Waals surface area contributed by atoms with Crippen LogP contribution in [0.5, 0.6) is 0 Å². The van der Waals surface area contributed by atoms with Crippen LogP contribution in [0.25, 0.3) is 0 Å². The first-order valence-electron chi connectivity index (χ1n) is 7.86. The molecule has 0 heterocycles. The molecule has 1 aliphatic carbocycles. The monoisotopic (exact) mass is 282 g/mol. The zero-order valence-electron chi connectivity index (χ0n) is 13.6. The van der Waals surface area contributed by atoms with Crippen molar-refractivity contribution in [3.8, 4) is 0 Å². The minimum atomic E-state index is 0.0579. The summed E-state index contributed by atoms with van der Waals surface area (Å²) in [5.74, 6) is 1.08. The van der Waals surface area contributed by atoms with Crippen LogP contribution in [0.1, 0.15) is 53.4 Å². The third-order valence-electron chi connectivity index (χ3n) is 4.12. The molecule has 0 saturated heterocycles. The Labute approximate surface area is 123 Å². The Balaban J connectivity index is 2.32. The quantitative estimate of drug-likeness (QED) is 0.842. The zero-order valence-corrected chi connectivity index (χ0v) is 13.6. The summed E-state index contributed by atoms with van der Waals surface area (Å²) < 4.78 is 0. The summed E-state index contributed by atoms with van der Waals surface area (Å²) in [5, 5.41) is 3.11. The van der Waals surface area contributed by atoms with Crippen molar-refractivity contribution in [1.82, 2.24) is 10.2 Å². The van der Waals surface area contributed by atoms with Crippen molar-refractivity contribution in [3.05, 3.63) is 0 Å². The van der Waals surface area contributed by atoms with Gasteiger partial charge in [0, 0.05) is 31.5 Å². The van der Waals surface area contributed by atoms with Crippen molar-refractivity contribution < 1.29 is 9.59 Å². The van der Waals surface area contributed by atoms with Gasteiger partial charge >= 0.3 is 0 Å². The summed E-state index contributed by atoms with van der Waals surface area (Å²) in [6.07, 6.45) is 4.26. The largest absolute Gasteiger partial charge is 0.353 e. The predicted octanol–water partition coefficient (Wildman–Crippen LogP) is 2.43. The maximum Gasteiger partial charge on any atom is 0.224 e. The van der Waals surface area contributed by atoms with Gasteiger partial charge < -0.3 is 10.2 Å². The second-order valence-electron chi connectivity index (χ2n) is 6.75. The number of hydrogen-bond donors (Lipinski definition) is 1. The highest BCUT2D eigenvalue weighted by Gasteiger charge is 2.25. The molecule has 1 fully saturated rings. The van der Waals surface area contributed by atoms with Gasteiger partial charge in [0.15, 0.2) is 0 Å². The first-order valence-corrected chi connectivity index (χ1v) is 7.86. The Morgan fingerprint density at radius 3 is 2.05 bits per heavy atom. The number of carbonyl (C=O) groups excluding carboxylic acids is 2. The zero-order chi connectivity index (χ0) is 15.3. The van der Waals surface area contributed by atoms with Crippen LogP contribution in [0.4, 0.5) is 0 Å². The molecule has 0 aliphatic heterocycles. The molecule has 0 aromatic carbocycles. The normalized spacial score (nSPS) is 22.9. The van der Waals surface area contributed by atoms with E-state index < -0.39 is 0 Å². The van der Waals surface area contributed by atoms with Gasteiger partial charge in [-0.15, -0.1) is 0 Å². The van der Waals surface area contributed by atoms with Crippen LogP contribution < -0.4 is 5.32 Å². The average molecular weight is 282 g/mol. The lowest BCUT2D eigenvalue weighted by atomic mass is 9.85. The van der Waals surface area contributed by atoms with E-state index in [1.807, 2.05) is 39.6 Å². The van der Waals surface area contributed by atoms with Crippen molar-refractivity contribution >= 4 is 11.8 Å². The molecule has 20 heavy (non-hydrogen) atoms. The van der Waals surface area contributed by atoms with Crippen molar-refractivity contribution in [2.75, 3.05) is 13.6 Å². The summed E-state index contributed by atoms with van der Waals surface area (Å²) >= 11 is 0. The minimum Gasteiger partial charge on any atom is -0.353 e. The van der Waals surface area contributed by atoms with Gasteiger partial charge in [-0.25, -0.2) is 0 Å². The van der Waals surface area contributed by atoms with Gasteiger partial charge in [0.1, 0.15) is 0 Å². The van der Waals surface area contributed by atoms with Crippen LogP contribution in [0.15, 0.2) is 0 Å². The highest BCUT2D eigenvalue weighted by atomic mass is 16.2. The summed E-state index contributed by atoms with van der Waals surface area (Å²) in [6.45, 7) is 8.58. The molecule has 4 heteroatoms. The molecule has 116 valence electrons. The summed E-state index contributed by atoms with van der Waals surface area (Å²) in [4.78, 5) is 25.4. The topological polar surface area (TPSA) is 49.4 Å². The Hall–Kier alpha value is -1.06. The van der Waals surface area contributed by atoms with Gasteiger partial charge in [0.25, 0.3) is 0 Å². The van der Waals surface area contributed by atoms with E-state index in [9.17, 15) is 9.59 Å². The third kappa shape index (κ3) is 5.14. The smallest absolute Gasteiger partial charge is 0.224 e. The fraction of sp³-hybridized carbons (Fsp3) is 0.875. The summed E-state index contributed by atoms with van der Waals surface area (Å²) in [5.41, 5.74) is 0. The number of amides is 2. The number of nitrogens with zero attached hydrogens (tertiary/aromatic N) is 1. The molecule has 0 aromatic heterocycles. The maximum atomic E-state index is 11.9. The van der Waals surface area contributed by atoms with Crippen LogP contribution >= 0.6 is 0 Å². The number of carbonyl (C=O) groups is 2. The SMILES string of the molecule is CC(C)C(=O)NC1CCC(CN(C)C(=O)C(C)C)CC1. The molecule has 1 N–H and O–H groups in total. The summed E-state index contributed by atoms with van der Waals surface area (Å²) in [7, 11) is 1.90. The fourth-order valence-corrected chi connectivity index (χ4v) is 2.78. The van der Waals surface area contributed by atoms with Gasteiger partial charge in [-0.2, -0.15) is 0 Å². The number of rotatable bonds is 5. The molecule has 0 aromatic rings. The number of nitrogens with one attached hydrogen (secondary N) is 1. The standard InChI is InChI=1S/C16H30N2O2/c1-11(2)15(19)17-14-8-6-13(7-9-14)10-18(5)16(20)12(3)4/h11-14H,6-10H2,1-5H3,(H,17,19). The van der Waals surface area contributed by atoms with E-state index in [1.165, 1.54) is 0 Å². The maximum absolute atomic E-state index is 11.9. The Kier molecular flexibility index (Phi) is 6.50. The molecule has 0 spiro atoms. The van der Waals surface area contributed by atoms with Crippen molar-refractivity contribution in [1.29, 1.82) is 0 Å². The van der Waals surface area contributed by atoms with Gasteiger partial charge in [-0.05, 0) is 31.6 Å². The van der Waals surface area contributed by atoms with Gasteiger partial charge in [-0.3, -0.25) is 9.59 Å². The first kappa shape index (κ1) is 17.0. The fourth-order valence-electron chi connectivity index (χ4n) is 2.78. The van der Waals surface area contributed by atoms with Crippen LogP contribution in [-0.2, 0) is 9.59 Å². The van der Waals surface area contributed by atoms with Gasteiger partial charge in [-0.1, -0.05) is 27.7 Å². The molecule has 0 bridgehead atoms. The summed E-state index contributed by atoms with van der Waals surface area (Å²) in [6, 6.07) is 0.326. The van der Waals surface area contributed by atoms with E-state index in [-0.39, 0.29) is 23.7 Å². The first-order chi connectivity index (χ1) is 9.31. The molecular weight excluding hydrogens is 252 g/mol. The van der Waals surface area contributed by atoms with E-state index in [2.05, 4.69) is 5.32 Å². The second-order valence-corrected chi connectivity index (χ2v) is 6.75. The van der Waals surface area contributed by atoms with Crippen molar-refractivity contribution in [2.24, 2.45) is 17.8 Å². The Bertz CT molecular complexity index is 331. The Morgan fingerprint density at radius 1 is 1.05 bits per heavy atom. The number of hydrogen-bond acceptors (Lipinski definition) is 2. The van der Waals surface area contributed by atoms with E-state index in [4.69, 9.17) is 0 Å². The molecule has 4 nitrogen and oxygen atoms in total. The third-order valence-corrected chi connectivity index (χ3v) is 4.12. The molecule has 1 saturated carbocycles. The average Bonchev–Trinajstić information content (AvgIpc) is 2.39. The van der Waals surface area contributed by atoms with Gasteiger partial charge in [0.2, 0.25) is 11.8 Å². The van der Waals surface area contributed by atoms with Crippen LogP contribution in [0.3, 0.4) is 0 Å². The second kappa shape index (κ2) is 7.65. The lowest BCUT2D eigenvalue weighted by Gasteiger charge is -2.32. The van der Waals surface area contributed by atoms with E-state index in [1.54, 1.807) is 0 Å². The van der Waals surface area contributed by atoms with E-state index in [0.717, 1.165) is 32.2 Å². The molecule has 2 amide bonds. The lowest BCUT2D eigenvalue weighted by Crippen LogP contribution is -2.42. The highest BCUT2D eigenvalue weighted by molar-refractivity contribution is 5.78. The van der Waals surface area contributed by atoms with E-state index in [0.29, 0.717) is 12.0 Å². The lowest BCUT2D eigenvalue weighted by molar-refractivity contribution is -0.133. The van der Waals surface area contributed by atoms with Crippen molar-refractivity contribution in [3.63, 3.8) is 0 Å². The van der Waals surface area contributed by atoms with Gasteiger partial charge in [0.05, 0.1) is 0 Å². The predicted molar refractivity (Wildman–Crippen MR) is 81.2 cm³/mol. The minimum absolute atomic E-state index is 0.0579. The highest BCUT2D eigenvalue weighted by Crippen LogP contribution is 2.25. The molecule has 1 aliphatic rings. The Morgan fingerprint density at radius 2 is 1.60 bits per heavy atom. The molecular formula is C16H30N2O2. The van der Waals surface area contributed by atoms with Crippen LogP contribution in [-0.4, -0.2) is 36.3 Å². The van der Waals surface area contributed by atoms with Crippen molar-refractivity contribution in [2.45, 2.75) is 59.4 Å². The molecule has 1 rings (SSSR count). The molecule has 0 atom stereocenters. The van der Waals surface area contributed by atoms with Crippen LogP contribution in [0.2, 0.25) is 0 Å².